The summed E-state index contributed by atoms with van der Waals surface area (Å²) < 4.78 is 5.04. The molecule has 3 nitrogen and oxygen atoms in total. The van der Waals surface area contributed by atoms with Crippen molar-refractivity contribution in [2.24, 2.45) is 0 Å². The zero-order valence-corrected chi connectivity index (χ0v) is 8.50. The molecule has 0 heterocycles. The van der Waals surface area contributed by atoms with Crippen molar-refractivity contribution < 1.29 is 4.74 Å². The summed E-state index contributed by atoms with van der Waals surface area (Å²) >= 11 is 10.3. The monoisotopic (exact) mass is 215 g/mol. The van der Waals surface area contributed by atoms with E-state index in [0.717, 1.165) is 0 Å². The molecule has 0 atom stereocenters. The number of rotatable bonds is 2. The summed E-state index contributed by atoms with van der Waals surface area (Å²) in [6, 6.07) is 5.07. The topological polar surface area (TPSA) is 45.1 Å². The van der Waals surface area contributed by atoms with E-state index in [9.17, 15) is 0 Å². The van der Waals surface area contributed by atoms with E-state index in [1.54, 1.807) is 25.3 Å². The van der Waals surface area contributed by atoms with Crippen LogP contribution in [0.2, 0.25) is 5.02 Å². The highest BCUT2D eigenvalue weighted by Gasteiger charge is 2.03. The molecule has 0 amide bonds. The van der Waals surface area contributed by atoms with Crippen LogP contribution >= 0.6 is 23.8 Å². The number of halogens is 1. The number of hydrogen-bond acceptors (Lipinski definition) is 2. The molecule has 0 saturated heterocycles. The Morgan fingerprint density at radius 3 is 2.85 bits per heavy atom. The van der Waals surface area contributed by atoms with Crippen molar-refractivity contribution in [1.29, 1.82) is 0 Å². The number of nitrogens with one attached hydrogen (secondary N) is 2. The van der Waals surface area contributed by atoms with Gasteiger partial charge in [-0.2, -0.15) is 0 Å². The molecule has 0 aromatic heterocycles. The van der Waals surface area contributed by atoms with Crippen molar-refractivity contribution in [2.45, 2.75) is 0 Å². The standard InChI is InChI=1S/C8H8ClN2OS/c1-12-7-3-2-5(9)4-6(7)11-8(10)13/h2-4,10H,1H3,(H,11,13). The third kappa shape index (κ3) is 2.75. The molecule has 0 aliphatic carbocycles. The molecule has 1 aromatic rings. The Balaban J connectivity index is 3.01. The fourth-order valence-corrected chi connectivity index (χ4v) is 1.18. The summed E-state index contributed by atoms with van der Waals surface area (Å²) in [7, 11) is 1.54. The molecular formula is C8H8ClN2OS. The first kappa shape index (κ1) is 10.1. The van der Waals surface area contributed by atoms with Gasteiger partial charge in [-0.15, -0.1) is 0 Å². The van der Waals surface area contributed by atoms with Gasteiger partial charge in [0.15, 0.2) is 5.11 Å². The predicted molar refractivity (Wildman–Crippen MR) is 57.3 cm³/mol. The summed E-state index contributed by atoms with van der Waals surface area (Å²) in [5.41, 5.74) is 7.69. The largest absolute Gasteiger partial charge is 0.495 e. The third-order valence-electron chi connectivity index (χ3n) is 1.41. The molecule has 0 bridgehead atoms. The van der Waals surface area contributed by atoms with Crippen LogP contribution in [0.1, 0.15) is 0 Å². The van der Waals surface area contributed by atoms with Crippen molar-refractivity contribution in [3.05, 3.63) is 23.2 Å². The lowest BCUT2D eigenvalue weighted by Gasteiger charge is -2.08. The van der Waals surface area contributed by atoms with E-state index < -0.39 is 0 Å². The van der Waals surface area contributed by atoms with Gasteiger partial charge in [0.2, 0.25) is 0 Å². The van der Waals surface area contributed by atoms with Gasteiger partial charge < -0.3 is 10.1 Å². The Labute approximate surface area is 86.8 Å². The average Bonchev–Trinajstić information content (AvgIpc) is 2.03. The summed E-state index contributed by atoms with van der Waals surface area (Å²) in [5.74, 6) is 0.610. The molecule has 1 rings (SSSR count). The molecule has 13 heavy (non-hydrogen) atoms. The summed E-state index contributed by atoms with van der Waals surface area (Å²) in [5, 5.41) is 3.15. The van der Waals surface area contributed by atoms with Crippen LogP contribution in [0.3, 0.4) is 0 Å². The SMILES string of the molecule is COc1ccc(Cl)cc1NC([NH])=S. The van der Waals surface area contributed by atoms with E-state index in [0.29, 0.717) is 16.5 Å². The van der Waals surface area contributed by atoms with Gasteiger partial charge in [-0.05, 0) is 30.4 Å². The molecule has 0 saturated carbocycles. The highest BCUT2D eigenvalue weighted by molar-refractivity contribution is 7.80. The Kier molecular flexibility index (Phi) is 3.33. The second kappa shape index (κ2) is 4.30. The molecule has 1 radical (unpaired) electrons. The number of benzene rings is 1. The Morgan fingerprint density at radius 1 is 1.62 bits per heavy atom. The molecule has 0 spiro atoms. The van der Waals surface area contributed by atoms with E-state index in [-0.39, 0.29) is 5.11 Å². The van der Waals surface area contributed by atoms with Crippen molar-refractivity contribution in [3.63, 3.8) is 0 Å². The van der Waals surface area contributed by atoms with Gasteiger partial charge >= 0.3 is 0 Å². The highest BCUT2D eigenvalue weighted by atomic mass is 35.5. The highest BCUT2D eigenvalue weighted by Crippen LogP contribution is 2.27. The number of methoxy groups -OCH3 is 1. The summed E-state index contributed by atoms with van der Waals surface area (Å²) in [6.07, 6.45) is 0. The second-order valence-corrected chi connectivity index (χ2v) is 3.14. The summed E-state index contributed by atoms with van der Waals surface area (Å²) in [6.45, 7) is 0. The zero-order valence-electron chi connectivity index (χ0n) is 6.93. The van der Waals surface area contributed by atoms with Crippen molar-refractivity contribution >= 4 is 34.6 Å². The quantitative estimate of drug-likeness (QED) is 0.771. The van der Waals surface area contributed by atoms with Crippen LogP contribution in [0.25, 0.3) is 0 Å². The van der Waals surface area contributed by atoms with E-state index in [1.807, 2.05) is 0 Å². The van der Waals surface area contributed by atoms with Gasteiger partial charge in [0.25, 0.3) is 0 Å². The minimum Gasteiger partial charge on any atom is -0.495 e. The molecular weight excluding hydrogens is 208 g/mol. The Hall–Kier alpha value is -1.00. The molecule has 0 aliphatic rings. The fourth-order valence-electron chi connectivity index (χ4n) is 0.900. The first-order valence-corrected chi connectivity index (χ1v) is 4.28. The van der Waals surface area contributed by atoms with Crippen molar-refractivity contribution in [3.8, 4) is 5.75 Å². The number of ether oxygens (including phenoxy) is 1. The van der Waals surface area contributed by atoms with Crippen LogP contribution in [0.5, 0.6) is 5.75 Å². The second-order valence-electron chi connectivity index (χ2n) is 2.30. The number of thiocarbonyl (C=S) groups is 1. The molecule has 5 heteroatoms. The minimum atomic E-state index is -0.0689. The molecule has 2 N–H and O–H groups in total. The Morgan fingerprint density at radius 2 is 2.31 bits per heavy atom. The van der Waals surface area contributed by atoms with Gasteiger partial charge in [-0.3, -0.25) is 5.73 Å². The number of hydrogen-bond donors (Lipinski definition) is 1. The maximum absolute atomic E-state index is 7.08. The van der Waals surface area contributed by atoms with E-state index in [4.69, 9.17) is 22.1 Å². The first-order valence-electron chi connectivity index (χ1n) is 3.49. The van der Waals surface area contributed by atoms with Gasteiger partial charge in [0.1, 0.15) is 5.75 Å². The third-order valence-corrected chi connectivity index (χ3v) is 1.75. The smallest absolute Gasteiger partial charge is 0.189 e. The molecule has 0 fully saturated rings. The van der Waals surface area contributed by atoms with Crippen LogP contribution in [-0.2, 0) is 0 Å². The van der Waals surface area contributed by atoms with Gasteiger partial charge in [0, 0.05) is 5.02 Å². The van der Waals surface area contributed by atoms with Crippen LogP contribution < -0.4 is 15.8 Å². The van der Waals surface area contributed by atoms with Gasteiger partial charge in [0.05, 0.1) is 12.8 Å². The fraction of sp³-hybridized carbons (Fsp3) is 0.125. The Bertz CT molecular complexity index is 330. The van der Waals surface area contributed by atoms with E-state index in [2.05, 4.69) is 17.5 Å². The molecule has 69 valence electrons. The number of anilines is 1. The molecule has 1 aromatic carbocycles. The maximum Gasteiger partial charge on any atom is 0.189 e. The lowest BCUT2D eigenvalue weighted by Crippen LogP contribution is -2.09. The van der Waals surface area contributed by atoms with E-state index >= 15 is 0 Å². The van der Waals surface area contributed by atoms with Crippen LogP contribution in [0.15, 0.2) is 18.2 Å². The van der Waals surface area contributed by atoms with Gasteiger partial charge in [-0.25, -0.2) is 0 Å². The van der Waals surface area contributed by atoms with Crippen molar-refractivity contribution in [2.75, 3.05) is 12.4 Å². The molecule has 0 unspecified atom stereocenters. The molecule has 0 aliphatic heterocycles. The van der Waals surface area contributed by atoms with Crippen LogP contribution in [0.4, 0.5) is 5.69 Å². The van der Waals surface area contributed by atoms with Crippen LogP contribution in [-0.4, -0.2) is 12.2 Å². The van der Waals surface area contributed by atoms with E-state index in [1.165, 1.54) is 0 Å². The van der Waals surface area contributed by atoms with Gasteiger partial charge in [-0.1, -0.05) is 11.6 Å². The normalized spacial score (nSPS) is 9.38. The summed E-state index contributed by atoms with van der Waals surface area (Å²) in [4.78, 5) is 0. The lowest BCUT2D eigenvalue weighted by atomic mass is 10.3. The first-order chi connectivity index (χ1) is 6.13. The minimum absolute atomic E-state index is 0.0689. The average molecular weight is 216 g/mol. The zero-order chi connectivity index (χ0) is 9.84. The lowest BCUT2D eigenvalue weighted by molar-refractivity contribution is 0.417. The maximum atomic E-state index is 7.08. The predicted octanol–water partition coefficient (Wildman–Crippen LogP) is 2.33. The van der Waals surface area contributed by atoms with Crippen molar-refractivity contribution in [1.82, 2.24) is 5.73 Å². The van der Waals surface area contributed by atoms with Crippen LogP contribution in [0, 0.1) is 0 Å².